The predicted octanol–water partition coefficient (Wildman–Crippen LogP) is 5.33. The standard InChI is InChI=1S/C43H58N6O7/c1-5-28(4)37(42(53)45-26-35-46-31-19-12-13-20-32(31)47-35)49-41(52)36(27(2)3)40(51)39(50)33(25-29-15-8-6-9-16-29)48-43(54)38-34(21-14-22-44-38)56-24-23-55-30-17-10-7-11-18-30/h7,10-14,17-22,27-29,33,36-37,39-40,50-51H,5-6,8-9,15-16,23-26H2,1-4H3,(H,45,53)(H,46,47)(H,48,54)(H,49,52)/t28-,33-,36+,37-,39+,40+/m0/s1. The number of H-pyrrole nitrogens is 1. The molecule has 3 amide bonds. The highest BCUT2D eigenvalue weighted by Gasteiger charge is 2.41. The summed E-state index contributed by atoms with van der Waals surface area (Å²) in [5, 5.41) is 32.5. The number of pyridine rings is 1. The molecule has 2 aromatic heterocycles. The van der Waals surface area contributed by atoms with E-state index >= 15 is 0 Å². The van der Waals surface area contributed by atoms with Gasteiger partial charge in [0.05, 0.1) is 35.6 Å². The topological polar surface area (TPSA) is 188 Å². The molecule has 5 rings (SSSR count). The summed E-state index contributed by atoms with van der Waals surface area (Å²) in [5.41, 5.74) is 1.67. The number of aromatic nitrogens is 3. The first-order valence-corrected chi connectivity index (χ1v) is 20.0. The molecule has 0 radical (unpaired) electrons. The van der Waals surface area contributed by atoms with Crippen molar-refractivity contribution in [2.75, 3.05) is 13.2 Å². The van der Waals surface area contributed by atoms with E-state index in [2.05, 4.69) is 30.9 Å². The van der Waals surface area contributed by atoms with Crippen LogP contribution >= 0.6 is 0 Å². The Morgan fingerprint density at radius 1 is 0.857 bits per heavy atom. The van der Waals surface area contributed by atoms with Crippen molar-refractivity contribution in [3.8, 4) is 11.5 Å². The third-order valence-corrected chi connectivity index (χ3v) is 10.8. The Morgan fingerprint density at radius 3 is 2.29 bits per heavy atom. The molecular formula is C43H58N6O7. The lowest BCUT2D eigenvalue weighted by Crippen LogP contribution is -2.57. The molecule has 0 aliphatic heterocycles. The highest BCUT2D eigenvalue weighted by atomic mass is 16.5. The maximum absolute atomic E-state index is 14.1. The van der Waals surface area contributed by atoms with Gasteiger partial charge in [0.2, 0.25) is 11.8 Å². The first-order valence-electron chi connectivity index (χ1n) is 20.0. The number of aliphatic hydroxyl groups is 2. The molecule has 13 nitrogen and oxygen atoms in total. The van der Waals surface area contributed by atoms with Gasteiger partial charge in [-0.3, -0.25) is 14.4 Å². The number of aliphatic hydroxyl groups excluding tert-OH is 2. The summed E-state index contributed by atoms with van der Waals surface area (Å²) in [6.07, 6.45) is 4.51. The zero-order chi connectivity index (χ0) is 40.0. The molecule has 1 aliphatic carbocycles. The van der Waals surface area contributed by atoms with E-state index in [1.807, 2.05) is 68.4 Å². The van der Waals surface area contributed by atoms with Crippen molar-refractivity contribution in [1.29, 1.82) is 0 Å². The number of carbonyl (C=O) groups is 3. The first kappa shape index (κ1) is 42.1. The number of hydrogen-bond acceptors (Lipinski definition) is 9. The smallest absolute Gasteiger partial charge is 0.274 e. The van der Waals surface area contributed by atoms with Gasteiger partial charge in [0.25, 0.3) is 5.91 Å². The minimum atomic E-state index is -1.56. The Hall–Kier alpha value is -5.01. The molecule has 2 heterocycles. The normalized spacial score (nSPS) is 16.6. The number of rotatable bonds is 20. The van der Waals surface area contributed by atoms with Gasteiger partial charge in [-0.15, -0.1) is 0 Å². The van der Waals surface area contributed by atoms with Gasteiger partial charge in [0, 0.05) is 6.20 Å². The van der Waals surface area contributed by atoms with Gasteiger partial charge >= 0.3 is 0 Å². The number of nitrogens with one attached hydrogen (secondary N) is 4. The Labute approximate surface area is 329 Å². The number of carbonyl (C=O) groups excluding carboxylic acids is 3. The van der Waals surface area contributed by atoms with Gasteiger partial charge in [0.15, 0.2) is 11.4 Å². The van der Waals surface area contributed by atoms with Crippen LogP contribution in [0.1, 0.15) is 89.0 Å². The summed E-state index contributed by atoms with van der Waals surface area (Å²) in [6, 6.07) is 18.4. The number of imidazole rings is 1. The minimum Gasteiger partial charge on any atom is -0.490 e. The molecule has 6 atom stereocenters. The van der Waals surface area contributed by atoms with Crippen LogP contribution in [0.25, 0.3) is 11.0 Å². The second kappa shape index (κ2) is 20.8. The summed E-state index contributed by atoms with van der Waals surface area (Å²) in [4.78, 5) is 53.5. The van der Waals surface area contributed by atoms with Crippen LogP contribution in [0, 0.1) is 23.7 Å². The molecule has 302 valence electrons. The lowest BCUT2D eigenvalue weighted by molar-refractivity contribution is -0.140. The fraction of sp³-hybridized carbons (Fsp3) is 0.512. The summed E-state index contributed by atoms with van der Waals surface area (Å²) in [6.45, 7) is 7.93. The van der Waals surface area contributed by atoms with E-state index < -0.39 is 47.9 Å². The number of aromatic amines is 1. The van der Waals surface area contributed by atoms with E-state index in [4.69, 9.17) is 9.47 Å². The number of ether oxygens (including phenoxy) is 2. The number of para-hydroxylation sites is 3. The van der Waals surface area contributed by atoms with Gasteiger partial charge in [0.1, 0.15) is 36.9 Å². The molecule has 4 aromatic rings. The van der Waals surface area contributed by atoms with Crippen molar-refractivity contribution < 1.29 is 34.1 Å². The number of nitrogens with zero attached hydrogens (tertiary/aromatic N) is 2. The van der Waals surface area contributed by atoms with E-state index in [0.717, 1.165) is 43.1 Å². The Kier molecular flexibility index (Phi) is 15.6. The van der Waals surface area contributed by atoms with E-state index in [9.17, 15) is 24.6 Å². The quantitative estimate of drug-likeness (QED) is 0.0647. The van der Waals surface area contributed by atoms with Crippen molar-refractivity contribution in [1.82, 2.24) is 30.9 Å². The van der Waals surface area contributed by atoms with Gasteiger partial charge in [-0.1, -0.05) is 96.6 Å². The molecule has 1 fully saturated rings. The second-order valence-corrected chi connectivity index (χ2v) is 15.2. The van der Waals surface area contributed by atoms with E-state index in [-0.39, 0.29) is 48.9 Å². The van der Waals surface area contributed by atoms with Crippen molar-refractivity contribution in [3.63, 3.8) is 0 Å². The van der Waals surface area contributed by atoms with Crippen molar-refractivity contribution in [3.05, 3.63) is 84.4 Å². The van der Waals surface area contributed by atoms with Crippen LogP contribution in [0.3, 0.4) is 0 Å². The fourth-order valence-corrected chi connectivity index (χ4v) is 7.43. The summed E-state index contributed by atoms with van der Waals surface area (Å²) in [7, 11) is 0. The van der Waals surface area contributed by atoms with E-state index in [0.29, 0.717) is 24.4 Å². The summed E-state index contributed by atoms with van der Waals surface area (Å²) >= 11 is 0. The van der Waals surface area contributed by atoms with Gasteiger partial charge in [-0.05, 0) is 60.6 Å². The maximum atomic E-state index is 14.1. The van der Waals surface area contributed by atoms with Crippen LogP contribution in [-0.4, -0.2) is 80.4 Å². The second-order valence-electron chi connectivity index (χ2n) is 15.2. The van der Waals surface area contributed by atoms with Crippen LogP contribution in [0.5, 0.6) is 11.5 Å². The van der Waals surface area contributed by atoms with E-state index in [1.165, 1.54) is 6.20 Å². The largest absolute Gasteiger partial charge is 0.490 e. The van der Waals surface area contributed by atoms with Gasteiger partial charge in [-0.2, -0.15) is 0 Å². The van der Waals surface area contributed by atoms with E-state index in [1.54, 1.807) is 26.0 Å². The molecule has 13 heteroatoms. The third-order valence-electron chi connectivity index (χ3n) is 10.8. The van der Waals surface area contributed by atoms with Gasteiger partial charge in [-0.25, -0.2) is 9.97 Å². The van der Waals surface area contributed by atoms with Crippen molar-refractivity contribution >= 4 is 28.8 Å². The highest BCUT2D eigenvalue weighted by molar-refractivity contribution is 5.95. The summed E-state index contributed by atoms with van der Waals surface area (Å²) in [5.74, 6) is -1.51. The Balaban J connectivity index is 1.27. The predicted molar refractivity (Wildman–Crippen MR) is 214 cm³/mol. The molecule has 0 bridgehead atoms. The van der Waals surface area contributed by atoms with Crippen LogP contribution in [0.15, 0.2) is 72.9 Å². The molecule has 0 unspecified atom stereocenters. The molecular weight excluding hydrogens is 713 g/mol. The van der Waals surface area contributed by atoms with Crippen LogP contribution in [0.4, 0.5) is 0 Å². The molecule has 2 aromatic carbocycles. The molecule has 6 N–H and O–H groups in total. The monoisotopic (exact) mass is 770 g/mol. The molecule has 1 saturated carbocycles. The molecule has 56 heavy (non-hydrogen) atoms. The lowest BCUT2D eigenvalue weighted by atomic mass is 9.79. The first-order chi connectivity index (χ1) is 27.0. The highest BCUT2D eigenvalue weighted by Crippen LogP contribution is 2.30. The number of benzene rings is 2. The van der Waals surface area contributed by atoms with Crippen LogP contribution in [0.2, 0.25) is 0 Å². The van der Waals surface area contributed by atoms with Crippen molar-refractivity contribution in [2.45, 2.75) is 103 Å². The average molecular weight is 771 g/mol. The number of hydrogen-bond donors (Lipinski definition) is 6. The zero-order valence-corrected chi connectivity index (χ0v) is 32.9. The molecule has 0 saturated heterocycles. The Morgan fingerprint density at radius 2 is 1.57 bits per heavy atom. The molecule has 1 aliphatic rings. The fourth-order valence-electron chi connectivity index (χ4n) is 7.43. The third kappa shape index (κ3) is 11.5. The SMILES string of the molecule is CC[C@H](C)[C@H](NC(=O)[C@H](C(C)C)[C@@H](O)[C@H](O)[C@H](CC1CCCCC1)NC(=O)c1ncccc1OCCOc1ccccc1)C(=O)NCc1nc2ccccc2[nH]1. The number of amides is 3. The van der Waals surface area contributed by atoms with Crippen LogP contribution in [-0.2, 0) is 16.1 Å². The van der Waals surface area contributed by atoms with Gasteiger partial charge < -0.3 is 40.6 Å². The average Bonchev–Trinajstić information content (AvgIpc) is 3.64. The van der Waals surface area contributed by atoms with Crippen LogP contribution < -0.4 is 25.4 Å². The zero-order valence-electron chi connectivity index (χ0n) is 32.9. The minimum absolute atomic E-state index is 0.0331. The summed E-state index contributed by atoms with van der Waals surface area (Å²) < 4.78 is 11.6. The molecule has 0 spiro atoms. The Bertz CT molecular complexity index is 1810. The lowest BCUT2D eigenvalue weighted by Gasteiger charge is -2.36. The number of fused-ring (bicyclic) bond motifs is 1. The maximum Gasteiger partial charge on any atom is 0.274 e. The van der Waals surface area contributed by atoms with Crippen molar-refractivity contribution in [2.24, 2.45) is 23.7 Å².